The molecule has 32 heavy (non-hydrogen) atoms. The smallest absolute Gasteiger partial charge is 0.303 e. The van der Waals surface area contributed by atoms with Gasteiger partial charge in [0.15, 0.2) is 0 Å². The van der Waals surface area contributed by atoms with Gasteiger partial charge in [0.1, 0.15) is 5.70 Å². The van der Waals surface area contributed by atoms with Crippen molar-refractivity contribution in [2.45, 2.75) is 20.4 Å². The van der Waals surface area contributed by atoms with Crippen molar-refractivity contribution in [2.24, 2.45) is 0 Å². The quantitative estimate of drug-likeness (QED) is 0.452. The lowest BCUT2D eigenvalue weighted by atomic mass is 10.2. The minimum Gasteiger partial charge on any atom is -0.303 e. The Labute approximate surface area is 190 Å². The maximum atomic E-state index is 12.8. The highest BCUT2D eigenvalue weighted by atomic mass is 35.5. The Morgan fingerprint density at radius 2 is 1.75 bits per heavy atom. The number of urea groups is 1. The van der Waals surface area contributed by atoms with E-state index in [1.165, 1.54) is 0 Å². The molecule has 3 aromatic rings. The summed E-state index contributed by atoms with van der Waals surface area (Å²) in [4.78, 5) is 38.9. The fraction of sp³-hybridized carbons (Fsp3) is 0.125. The Kier molecular flexibility index (Phi) is 5.83. The zero-order valence-electron chi connectivity index (χ0n) is 17.6. The van der Waals surface area contributed by atoms with Gasteiger partial charge in [-0.15, -0.1) is 0 Å². The molecule has 8 heteroatoms. The highest BCUT2D eigenvalue weighted by Gasteiger charge is 2.33. The van der Waals surface area contributed by atoms with Crippen molar-refractivity contribution in [2.75, 3.05) is 5.43 Å². The molecule has 1 saturated heterocycles. The van der Waals surface area contributed by atoms with Crippen LogP contribution in [0.5, 0.6) is 0 Å². The number of rotatable bonds is 5. The van der Waals surface area contributed by atoms with Crippen molar-refractivity contribution < 1.29 is 14.4 Å². The number of carbonyl (C=O) groups excluding carboxylic acids is 3. The Hall–Kier alpha value is -3.84. The molecule has 1 aliphatic heterocycles. The molecule has 2 heterocycles. The molecule has 2 N–H and O–H groups in total. The van der Waals surface area contributed by atoms with Gasteiger partial charge in [-0.25, -0.2) is 4.79 Å². The number of hydrogen-bond acceptors (Lipinski definition) is 3. The highest BCUT2D eigenvalue weighted by molar-refractivity contribution is 6.30. The van der Waals surface area contributed by atoms with E-state index in [1.54, 1.807) is 59.3 Å². The monoisotopic (exact) mass is 448 g/mol. The number of nitrogens with one attached hydrogen (secondary N) is 2. The van der Waals surface area contributed by atoms with Crippen LogP contribution in [0, 0.1) is 13.8 Å². The first-order valence-electron chi connectivity index (χ1n) is 9.98. The second kappa shape index (κ2) is 8.72. The summed E-state index contributed by atoms with van der Waals surface area (Å²) in [5, 5.41) is 3.22. The third kappa shape index (κ3) is 4.29. The molecule has 0 bridgehead atoms. The van der Waals surface area contributed by atoms with E-state index in [0.29, 0.717) is 16.1 Å². The predicted octanol–water partition coefficient (Wildman–Crippen LogP) is 4.24. The lowest BCUT2D eigenvalue weighted by molar-refractivity contribution is -0.123. The van der Waals surface area contributed by atoms with Gasteiger partial charge in [-0.1, -0.05) is 41.9 Å². The molecule has 0 aliphatic carbocycles. The first kappa shape index (κ1) is 21.4. The maximum absolute atomic E-state index is 12.8. The summed E-state index contributed by atoms with van der Waals surface area (Å²) in [6, 6.07) is 17.2. The molecule has 2 aromatic carbocycles. The number of benzene rings is 2. The maximum Gasteiger partial charge on any atom is 0.329 e. The molecule has 7 nitrogen and oxygen atoms in total. The van der Waals surface area contributed by atoms with Crippen molar-refractivity contribution in [3.8, 4) is 0 Å². The van der Waals surface area contributed by atoms with E-state index >= 15 is 0 Å². The Balaban J connectivity index is 1.54. The van der Waals surface area contributed by atoms with Crippen molar-refractivity contribution in [3.63, 3.8) is 0 Å². The van der Waals surface area contributed by atoms with Crippen molar-refractivity contribution in [1.29, 1.82) is 0 Å². The van der Waals surface area contributed by atoms with Gasteiger partial charge in [0.05, 0.1) is 6.54 Å². The fourth-order valence-electron chi connectivity index (χ4n) is 3.50. The van der Waals surface area contributed by atoms with Gasteiger partial charge in [0, 0.05) is 22.0 Å². The first-order valence-corrected chi connectivity index (χ1v) is 10.4. The van der Waals surface area contributed by atoms with Gasteiger partial charge in [0.25, 0.3) is 11.8 Å². The lowest BCUT2D eigenvalue weighted by Gasteiger charge is -2.12. The van der Waals surface area contributed by atoms with E-state index in [9.17, 15) is 14.4 Å². The molecule has 0 radical (unpaired) electrons. The average Bonchev–Trinajstić information content (AvgIpc) is 3.20. The number of amides is 4. The SMILES string of the molecule is Cc1cc(/C=C2\NC(=O)N(Cc3ccc(Cl)cc3)C2=O)c(C)n1NC(=O)c1ccccc1. The van der Waals surface area contributed by atoms with E-state index < -0.39 is 11.9 Å². The van der Waals surface area contributed by atoms with Crippen LogP contribution in [0.1, 0.15) is 32.9 Å². The first-order chi connectivity index (χ1) is 15.3. The third-order valence-electron chi connectivity index (χ3n) is 5.24. The molecule has 1 fully saturated rings. The number of imide groups is 1. The van der Waals surface area contributed by atoms with Gasteiger partial charge in [-0.2, -0.15) is 0 Å². The van der Waals surface area contributed by atoms with Crippen molar-refractivity contribution >= 4 is 35.5 Å². The van der Waals surface area contributed by atoms with Crippen LogP contribution in [0.15, 0.2) is 66.4 Å². The van der Waals surface area contributed by atoms with E-state index in [2.05, 4.69) is 10.7 Å². The summed E-state index contributed by atoms with van der Waals surface area (Å²) in [6.07, 6.45) is 1.62. The van der Waals surface area contributed by atoms with Crippen LogP contribution >= 0.6 is 11.6 Å². The van der Waals surface area contributed by atoms with E-state index in [1.807, 2.05) is 26.0 Å². The fourth-order valence-corrected chi connectivity index (χ4v) is 3.63. The highest BCUT2D eigenvalue weighted by Crippen LogP contribution is 2.21. The number of aryl methyl sites for hydroxylation is 1. The number of carbonyl (C=O) groups is 3. The molecular formula is C24H21ClN4O3. The average molecular weight is 449 g/mol. The van der Waals surface area contributed by atoms with Crippen molar-refractivity contribution in [1.82, 2.24) is 14.9 Å². The van der Waals surface area contributed by atoms with Crippen LogP contribution in [-0.4, -0.2) is 27.4 Å². The number of nitrogens with zero attached hydrogens (tertiary/aromatic N) is 2. The number of halogens is 1. The van der Waals surface area contributed by atoms with Crippen LogP contribution < -0.4 is 10.7 Å². The third-order valence-corrected chi connectivity index (χ3v) is 5.49. The Morgan fingerprint density at radius 3 is 2.44 bits per heavy atom. The Bertz CT molecular complexity index is 1230. The molecule has 162 valence electrons. The van der Waals surface area contributed by atoms with Crippen LogP contribution in [0.4, 0.5) is 4.79 Å². The van der Waals surface area contributed by atoms with Crippen LogP contribution in [0.3, 0.4) is 0 Å². The van der Waals surface area contributed by atoms with E-state index in [0.717, 1.165) is 21.9 Å². The van der Waals surface area contributed by atoms with Gasteiger partial charge in [-0.3, -0.25) is 24.6 Å². The number of hydrogen-bond donors (Lipinski definition) is 2. The second-order valence-corrected chi connectivity index (χ2v) is 7.91. The standard InChI is InChI=1S/C24H21ClN4O3/c1-15-12-19(16(2)29(15)27-22(30)18-6-4-3-5-7-18)13-21-23(31)28(24(32)26-21)14-17-8-10-20(25)11-9-17/h3-13H,14H2,1-2H3,(H,26,32)(H,27,30)/b21-13-. The molecule has 0 unspecified atom stereocenters. The normalized spacial score (nSPS) is 14.7. The summed E-state index contributed by atoms with van der Waals surface area (Å²) in [7, 11) is 0. The van der Waals surface area contributed by atoms with Crippen LogP contribution in [-0.2, 0) is 11.3 Å². The van der Waals surface area contributed by atoms with E-state index in [-0.39, 0.29) is 18.1 Å². The van der Waals surface area contributed by atoms with Crippen LogP contribution in [0.25, 0.3) is 6.08 Å². The van der Waals surface area contributed by atoms with Crippen LogP contribution in [0.2, 0.25) is 5.02 Å². The predicted molar refractivity (Wildman–Crippen MR) is 123 cm³/mol. The number of aromatic nitrogens is 1. The zero-order chi connectivity index (χ0) is 22.8. The van der Waals surface area contributed by atoms with Gasteiger partial charge in [-0.05, 0) is 61.4 Å². The zero-order valence-corrected chi connectivity index (χ0v) is 18.3. The molecule has 0 saturated carbocycles. The molecular weight excluding hydrogens is 428 g/mol. The summed E-state index contributed by atoms with van der Waals surface area (Å²) < 4.78 is 1.66. The molecule has 1 aliphatic rings. The summed E-state index contributed by atoms with van der Waals surface area (Å²) in [5.41, 5.74) is 6.61. The minimum atomic E-state index is -0.484. The molecule has 1 aromatic heterocycles. The Morgan fingerprint density at radius 1 is 1.06 bits per heavy atom. The molecule has 4 amide bonds. The summed E-state index contributed by atoms with van der Waals surface area (Å²) >= 11 is 5.90. The van der Waals surface area contributed by atoms with Gasteiger partial charge in [0.2, 0.25) is 0 Å². The lowest BCUT2D eigenvalue weighted by Crippen LogP contribution is -2.30. The van der Waals surface area contributed by atoms with Gasteiger partial charge < -0.3 is 5.32 Å². The minimum absolute atomic E-state index is 0.144. The van der Waals surface area contributed by atoms with Gasteiger partial charge >= 0.3 is 6.03 Å². The molecule has 0 atom stereocenters. The largest absolute Gasteiger partial charge is 0.329 e. The second-order valence-electron chi connectivity index (χ2n) is 7.47. The van der Waals surface area contributed by atoms with Crippen molar-refractivity contribution in [3.05, 3.63) is 99.5 Å². The topological polar surface area (TPSA) is 83.4 Å². The molecule has 0 spiro atoms. The van der Waals surface area contributed by atoms with E-state index in [4.69, 9.17) is 11.6 Å². The molecule has 4 rings (SSSR count). The summed E-state index contributed by atoms with van der Waals surface area (Å²) in [6.45, 7) is 3.82. The summed E-state index contributed by atoms with van der Waals surface area (Å²) in [5.74, 6) is -0.658.